The number of hydrogen-bond acceptors (Lipinski definition) is 2. The van der Waals surface area contributed by atoms with Crippen molar-refractivity contribution in [2.24, 2.45) is 0 Å². The number of rotatable bonds is 5. The largest absolute Gasteiger partial charge is 0.389 e. The molecule has 1 atom stereocenters. The van der Waals surface area contributed by atoms with Gasteiger partial charge in [-0.15, -0.1) is 0 Å². The molecule has 1 aliphatic rings. The minimum atomic E-state index is -0.857. The van der Waals surface area contributed by atoms with Crippen LogP contribution in [0.3, 0.4) is 0 Å². The van der Waals surface area contributed by atoms with Crippen LogP contribution in [0.25, 0.3) is 0 Å². The van der Waals surface area contributed by atoms with E-state index in [9.17, 15) is 9.50 Å². The van der Waals surface area contributed by atoms with Gasteiger partial charge in [-0.2, -0.15) is 0 Å². The number of hydrogen-bond donors (Lipinski definition) is 2. The summed E-state index contributed by atoms with van der Waals surface area (Å²) in [5.41, 5.74) is -0.0833. The molecule has 1 unspecified atom stereocenters. The van der Waals surface area contributed by atoms with Crippen LogP contribution in [-0.2, 0) is 6.42 Å². The van der Waals surface area contributed by atoms with Crippen LogP contribution in [0.5, 0.6) is 0 Å². The third-order valence-corrected chi connectivity index (χ3v) is 3.29. The number of halogens is 2. The van der Waals surface area contributed by atoms with Gasteiger partial charge in [-0.3, -0.25) is 0 Å². The molecule has 4 heteroatoms. The van der Waals surface area contributed by atoms with Crippen LogP contribution in [0.4, 0.5) is 4.39 Å². The fraction of sp³-hybridized carbons (Fsp3) is 0.538. The molecular weight excluding hydrogens is 241 g/mol. The zero-order chi connectivity index (χ0) is 12.5. The topological polar surface area (TPSA) is 32.3 Å². The van der Waals surface area contributed by atoms with E-state index < -0.39 is 5.60 Å². The monoisotopic (exact) mass is 257 g/mol. The van der Waals surface area contributed by atoms with Crippen molar-refractivity contribution < 1.29 is 9.50 Å². The first kappa shape index (κ1) is 12.8. The van der Waals surface area contributed by atoms with Gasteiger partial charge in [0.05, 0.1) is 5.60 Å². The van der Waals surface area contributed by atoms with Crippen molar-refractivity contribution in [3.05, 3.63) is 34.6 Å². The maximum absolute atomic E-state index is 12.9. The normalized spacial score (nSPS) is 19.1. The molecule has 94 valence electrons. The third-order valence-electron chi connectivity index (χ3n) is 2.94. The van der Waals surface area contributed by atoms with Gasteiger partial charge in [0.25, 0.3) is 0 Å². The Labute approximate surface area is 106 Å². The van der Waals surface area contributed by atoms with Crippen LogP contribution in [0.1, 0.15) is 25.3 Å². The van der Waals surface area contributed by atoms with E-state index in [0.717, 1.165) is 5.56 Å². The van der Waals surface area contributed by atoms with E-state index in [4.69, 9.17) is 11.6 Å². The summed E-state index contributed by atoms with van der Waals surface area (Å²) in [5, 5.41) is 13.9. The smallest absolute Gasteiger partial charge is 0.124 e. The Hall–Kier alpha value is -0.640. The lowest BCUT2D eigenvalue weighted by atomic mass is 9.96. The minimum Gasteiger partial charge on any atom is -0.389 e. The van der Waals surface area contributed by atoms with Crippen molar-refractivity contribution in [2.45, 2.75) is 37.8 Å². The number of nitrogens with one attached hydrogen (secondary N) is 1. The summed E-state index contributed by atoms with van der Waals surface area (Å²) in [4.78, 5) is 0. The molecule has 2 rings (SSSR count). The molecular formula is C13H17ClFNO. The van der Waals surface area contributed by atoms with Gasteiger partial charge in [0, 0.05) is 24.0 Å². The molecule has 0 saturated heterocycles. The van der Waals surface area contributed by atoms with Crippen molar-refractivity contribution in [3.63, 3.8) is 0 Å². The lowest BCUT2D eigenvalue weighted by Crippen LogP contribution is -2.40. The summed E-state index contributed by atoms with van der Waals surface area (Å²) >= 11 is 5.94. The maximum Gasteiger partial charge on any atom is 0.124 e. The first-order valence-corrected chi connectivity index (χ1v) is 6.24. The molecule has 0 amide bonds. The van der Waals surface area contributed by atoms with E-state index in [1.165, 1.54) is 25.0 Å². The number of benzene rings is 1. The summed E-state index contributed by atoms with van der Waals surface area (Å²) < 4.78 is 12.9. The summed E-state index contributed by atoms with van der Waals surface area (Å²) in [5.74, 6) is -0.352. The van der Waals surface area contributed by atoms with Crippen LogP contribution >= 0.6 is 11.6 Å². The molecule has 17 heavy (non-hydrogen) atoms. The van der Waals surface area contributed by atoms with Crippen molar-refractivity contribution in [3.8, 4) is 0 Å². The fourth-order valence-electron chi connectivity index (χ4n) is 1.79. The Morgan fingerprint density at radius 2 is 2.24 bits per heavy atom. The van der Waals surface area contributed by atoms with E-state index in [2.05, 4.69) is 5.32 Å². The highest BCUT2D eigenvalue weighted by Crippen LogP contribution is 2.24. The third kappa shape index (κ3) is 3.95. The lowest BCUT2D eigenvalue weighted by molar-refractivity contribution is 0.0597. The standard InChI is InChI=1S/C13H17ClFNO/c1-13(17,8-16-11-4-5-11)7-9-2-3-10(15)6-12(9)14/h2-3,6,11,16-17H,4-5,7-8H2,1H3. The summed E-state index contributed by atoms with van der Waals surface area (Å²) in [6, 6.07) is 4.83. The Morgan fingerprint density at radius 1 is 1.53 bits per heavy atom. The molecule has 1 aliphatic carbocycles. The van der Waals surface area contributed by atoms with Gasteiger partial charge in [0.2, 0.25) is 0 Å². The van der Waals surface area contributed by atoms with Crippen LogP contribution in [0.15, 0.2) is 18.2 Å². The lowest BCUT2D eigenvalue weighted by Gasteiger charge is -2.24. The highest BCUT2D eigenvalue weighted by atomic mass is 35.5. The average molecular weight is 258 g/mol. The summed E-state index contributed by atoms with van der Waals surface area (Å²) in [6.07, 6.45) is 2.80. The predicted molar refractivity (Wildman–Crippen MR) is 66.8 cm³/mol. The Balaban J connectivity index is 1.97. The highest BCUT2D eigenvalue weighted by molar-refractivity contribution is 6.31. The molecule has 1 saturated carbocycles. The number of aliphatic hydroxyl groups is 1. The van der Waals surface area contributed by atoms with Gasteiger partial charge >= 0.3 is 0 Å². The molecule has 0 heterocycles. The van der Waals surface area contributed by atoms with Crippen molar-refractivity contribution in [1.29, 1.82) is 0 Å². The van der Waals surface area contributed by atoms with Gasteiger partial charge in [-0.1, -0.05) is 17.7 Å². The minimum absolute atomic E-state index is 0.352. The van der Waals surface area contributed by atoms with Crippen molar-refractivity contribution >= 4 is 11.6 Å². The molecule has 2 N–H and O–H groups in total. The van der Waals surface area contributed by atoms with Crippen LogP contribution < -0.4 is 5.32 Å². The van der Waals surface area contributed by atoms with Crippen LogP contribution in [-0.4, -0.2) is 23.3 Å². The van der Waals surface area contributed by atoms with Crippen molar-refractivity contribution in [1.82, 2.24) is 5.32 Å². The summed E-state index contributed by atoms with van der Waals surface area (Å²) in [6.45, 7) is 2.30. The van der Waals surface area contributed by atoms with E-state index in [-0.39, 0.29) is 5.82 Å². The van der Waals surface area contributed by atoms with Crippen LogP contribution in [0.2, 0.25) is 5.02 Å². The SMILES string of the molecule is CC(O)(CNC1CC1)Cc1ccc(F)cc1Cl. The predicted octanol–water partition coefficient (Wildman–Crippen LogP) is 2.52. The van der Waals surface area contributed by atoms with E-state index in [0.29, 0.717) is 24.0 Å². The molecule has 1 fully saturated rings. The summed E-state index contributed by atoms with van der Waals surface area (Å²) in [7, 11) is 0. The first-order chi connectivity index (χ1) is 7.96. The maximum atomic E-state index is 12.9. The molecule has 1 aromatic carbocycles. The van der Waals surface area contributed by atoms with Gasteiger partial charge in [-0.25, -0.2) is 4.39 Å². The first-order valence-electron chi connectivity index (χ1n) is 5.86. The molecule has 1 aromatic rings. The van der Waals surface area contributed by atoms with Gasteiger partial charge in [0.15, 0.2) is 0 Å². The molecule has 0 aliphatic heterocycles. The van der Waals surface area contributed by atoms with Crippen molar-refractivity contribution in [2.75, 3.05) is 6.54 Å². The zero-order valence-corrected chi connectivity index (χ0v) is 10.6. The van der Waals surface area contributed by atoms with E-state index in [1.807, 2.05) is 0 Å². The zero-order valence-electron chi connectivity index (χ0n) is 9.84. The second-order valence-corrected chi connectivity index (χ2v) is 5.47. The quantitative estimate of drug-likeness (QED) is 0.850. The van der Waals surface area contributed by atoms with Gasteiger partial charge in [-0.05, 0) is 37.5 Å². The van der Waals surface area contributed by atoms with Crippen LogP contribution in [0, 0.1) is 5.82 Å². The van der Waals surface area contributed by atoms with Gasteiger partial charge < -0.3 is 10.4 Å². The van der Waals surface area contributed by atoms with E-state index in [1.54, 1.807) is 13.0 Å². The molecule has 0 bridgehead atoms. The molecule has 0 spiro atoms. The second kappa shape index (κ2) is 4.92. The fourth-order valence-corrected chi connectivity index (χ4v) is 2.02. The second-order valence-electron chi connectivity index (χ2n) is 5.06. The highest BCUT2D eigenvalue weighted by Gasteiger charge is 2.27. The molecule has 0 radical (unpaired) electrons. The Kier molecular flexibility index (Phi) is 3.71. The van der Waals surface area contributed by atoms with E-state index >= 15 is 0 Å². The average Bonchev–Trinajstić information content (AvgIpc) is 3.03. The van der Waals surface area contributed by atoms with Gasteiger partial charge in [0.1, 0.15) is 5.82 Å². The molecule has 0 aromatic heterocycles. The Morgan fingerprint density at radius 3 is 2.82 bits per heavy atom. The Bertz CT molecular complexity index is 404. The molecule has 2 nitrogen and oxygen atoms in total.